The van der Waals surface area contributed by atoms with Crippen LogP contribution < -0.4 is 4.74 Å². The second kappa shape index (κ2) is 5.83. The lowest BCUT2D eigenvalue weighted by Crippen LogP contribution is -2.02. The molecule has 16 heavy (non-hydrogen) atoms. The van der Waals surface area contributed by atoms with Gasteiger partial charge in [0.15, 0.2) is 0 Å². The van der Waals surface area contributed by atoms with E-state index in [0.717, 1.165) is 18.4 Å². The van der Waals surface area contributed by atoms with Gasteiger partial charge in [0.1, 0.15) is 5.75 Å². The molecule has 0 aliphatic heterocycles. The van der Waals surface area contributed by atoms with Crippen LogP contribution in [0.25, 0.3) is 0 Å². The third-order valence-corrected chi connectivity index (χ3v) is 2.54. The standard InChI is InChI=1S/C11H12F2O.C2H6/c1-7-4-8-2-3-10(14-11(12)13)6-9(8)5-7;1-2/h2-3,6-7,11H,4-5H2,1H3;1-2H3. The summed E-state index contributed by atoms with van der Waals surface area (Å²) in [7, 11) is 0. The Hall–Kier alpha value is -1.12. The van der Waals surface area contributed by atoms with Crippen LogP contribution in [0.2, 0.25) is 0 Å². The predicted molar refractivity (Wildman–Crippen MR) is 61.0 cm³/mol. The first-order valence-corrected chi connectivity index (χ1v) is 5.72. The fraction of sp³-hybridized carbons (Fsp3) is 0.538. The van der Waals surface area contributed by atoms with Crippen LogP contribution in [0, 0.1) is 5.92 Å². The van der Waals surface area contributed by atoms with Crippen molar-refractivity contribution in [1.82, 2.24) is 0 Å². The summed E-state index contributed by atoms with van der Waals surface area (Å²) in [5.74, 6) is 0.889. The van der Waals surface area contributed by atoms with Crippen molar-refractivity contribution in [2.45, 2.75) is 40.2 Å². The predicted octanol–water partition coefficient (Wildman–Crippen LogP) is 4.05. The molecule has 90 valence electrons. The van der Waals surface area contributed by atoms with Gasteiger partial charge in [0.2, 0.25) is 0 Å². The molecule has 1 nitrogen and oxygen atoms in total. The summed E-state index contributed by atoms with van der Waals surface area (Å²) in [4.78, 5) is 0. The Balaban J connectivity index is 0.000000606. The second-order valence-electron chi connectivity index (χ2n) is 3.82. The largest absolute Gasteiger partial charge is 0.435 e. The maximum Gasteiger partial charge on any atom is 0.387 e. The Morgan fingerprint density at radius 1 is 1.19 bits per heavy atom. The van der Waals surface area contributed by atoms with Crippen molar-refractivity contribution in [3.05, 3.63) is 29.3 Å². The zero-order valence-corrected chi connectivity index (χ0v) is 9.97. The summed E-state index contributed by atoms with van der Waals surface area (Å²) < 4.78 is 28.2. The van der Waals surface area contributed by atoms with E-state index in [1.165, 1.54) is 5.56 Å². The second-order valence-corrected chi connectivity index (χ2v) is 3.82. The molecule has 0 saturated heterocycles. The highest BCUT2D eigenvalue weighted by Crippen LogP contribution is 2.29. The van der Waals surface area contributed by atoms with E-state index in [1.807, 2.05) is 19.9 Å². The van der Waals surface area contributed by atoms with Gasteiger partial charge in [0, 0.05) is 0 Å². The van der Waals surface area contributed by atoms with Gasteiger partial charge in [-0.25, -0.2) is 0 Å². The van der Waals surface area contributed by atoms with Gasteiger partial charge < -0.3 is 4.74 Å². The molecular weight excluding hydrogens is 210 g/mol. The Labute approximate surface area is 95.4 Å². The summed E-state index contributed by atoms with van der Waals surface area (Å²) in [6.07, 6.45) is 2.01. The molecule has 0 heterocycles. The van der Waals surface area contributed by atoms with Gasteiger partial charge >= 0.3 is 6.61 Å². The van der Waals surface area contributed by atoms with E-state index in [0.29, 0.717) is 5.92 Å². The molecule has 0 bridgehead atoms. The zero-order valence-electron chi connectivity index (χ0n) is 9.97. The minimum atomic E-state index is -2.73. The van der Waals surface area contributed by atoms with Crippen LogP contribution in [0.1, 0.15) is 31.9 Å². The molecular formula is C13H18F2O. The van der Waals surface area contributed by atoms with Crippen LogP contribution in [0.5, 0.6) is 5.75 Å². The number of ether oxygens (including phenoxy) is 1. The van der Waals surface area contributed by atoms with Crippen molar-refractivity contribution in [2.75, 3.05) is 0 Å². The van der Waals surface area contributed by atoms with Gasteiger partial charge in [-0.15, -0.1) is 0 Å². The first-order valence-electron chi connectivity index (χ1n) is 5.72. The van der Waals surface area contributed by atoms with Crippen molar-refractivity contribution in [3.63, 3.8) is 0 Å². The van der Waals surface area contributed by atoms with Crippen molar-refractivity contribution in [2.24, 2.45) is 5.92 Å². The van der Waals surface area contributed by atoms with Gasteiger partial charge in [-0.05, 0) is 42.0 Å². The Morgan fingerprint density at radius 3 is 2.44 bits per heavy atom. The van der Waals surface area contributed by atoms with Gasteiger partial charge in [0.25, 0.3) is 0 Å². The van der Waals surface area contributed by atoms with Gasteiger partial charge in [0.05, 0.1) is 0 Å². The SMILES string of the molecule is CC.CC1Cc2ccc(OC(F)F)cc2C1. The van der Waals surface area contributed by atoms with Crippen LogP contribution in [-0.2, 0) is 12.8 Å². The maximum absolute atomic E-state index is 11.9. The van der Waals surface area contributed by atoms with E-state index in [9.17, 15) is 8.78 Å². The molecule has 0 fully saturated rings. The molecule has 0 aromatic heterocycles. The molecule has 3 heteroatoms. The lowest BCUT2D eigenvalue weighted by molar-refractivity contribution is -0.0498. The van der Waals surface area contributed by atoms with Crippen molar-refractivity contribution in [1.29, 1.82) is 0 Å². The quantitative estimate of drug-likeness (QED) is 0.742. The van der Waals surface area contributed by atoms with Gasteiger partial charge in [-0.2, -0.15) is 8.78 Å². The average molecular weight is 228 g/mol. The van der Waals surface area contributed by atoms with Crippen LogP contribution in [0.3, 0.4) is 0 Å². The third-order valence-electron chi connectivity index (χ3n) is 2.54. The van der Waals surface area contributed by atoms with Crippen molar-refractivity contribution in [3.8, 4) is 5.75 Å². The smallest absolute Gasteiger partial charge is 0.387 e. The first kappa shape index (κ1) is 12.9. The molecule has 0 saturated carbocycles. The summed E-state index contributed by atoms with van der Waals surface area (Å²) in [5.41, 5.74) is 2.41. The Morgan fingerprint density at radius 2 is 1.81 bits per heavy atom. The summed E-state index contributed by atoms with van der Waals surface area (Å²) in [5, 5.41) is 0. The Bertz CT molecular complexity index is 337. The van der Waals surface area contributed by atoms with Crippen LogP contribution >= 0.6 is 0 Å². The van der Waals surface area contributed by atoms with E-state index in [4.69, 9.17) is 0 Å². The lowest BCUT2D eigenvalue weighted by Gasteiger charge is -2.05. The number of rotatable bonds is 2. The van der Waals surface area contributed by atoms with Gasteiger partial charge in [-0.1, -0.05) is 26.8 Å². The van der Waals surface area contributed by atoms with Gasteiger partial charge in [-0.3, -0.25) is 0 Å². The van der Waals surface area contributed by atoms with Crippen LogP contribution in [-0.4, -0.2) is 6.61 Å². The Kier molecular flexibility index (Phi) is 4.71. The highest BCUT2D eigenvalue weighted by atomic mass is 19.3. The topological polar surface area (TPSA) is 9.23 Å². The van der Waals surface area contributed by atoms with Crippen molar-refractivity contribution >= 4 is 0 Å². The first-order chi connectivity index (χ1) is 7.65. The van der Waals surface area contributed by atoms with E-state index < -0.39 is 6.61 Å². The molecule has 0 radical (unpaired) electrons. The number of hydrogen-bond acceptors (Lipinski definition) is 1. The normalized spacial score (nSPS) is 17.8. The average Bonchev–Trinajstić information content (AvgIpc) is 2.59. The summed E-state index contributed by atoms with van der Waals surface area (Å²) in [6.45, 7) is 3.43. The highest BCUT2D eigenvalue weighted by Gasteiger charge is 2.18. The highest BCUT2D eigenvalue weighted by molar-refractivity contribution is 5.38. The third kappa shape index (κ3) is 3.19. The fourth-order valence-corrected chi connectivity index (χ4v) is 1.99. The molecule has 0 spiro atoms. The van der Waals surface area contributed by atoms with E-state index >= 15 is 0 Å². The van der Waals surface area contributed by atoms with Crippen LogP contribution in [0.15, 0.2) is 18.2 Å². The number of alkyl halides is 2. The van der Waals surface area contributed by atoms with Crippen LogP contribution in [0.4, 0.5) is 8.78 Å². The van der Waals surface area contributed by atoms with Crippen molar-refractivity contribution < 1.29 is 13.5 Å². The fourth-order valence-electron chi connectivity index (χ4n) is 1.99. The molecule has 2 rings (SSSR count). The van der Waals surface area contributed by atoms with E-state index in [1.54, 1.807) is 12.1 Å². The molecule has 1 aromatic carbocycles. The molecule has 1 unspecified atom stereocenters. The number of fused-ring (bicyclic) bond motifs is 1. The number of benzene rings is 1. The number of halogens is 2. The lowest BCUT2D eigenvalue weighted by atomic mass is 10.1. The maximum atomic E-state index is 11.9. The molecule has 1 aromatic rings. The summed E-state index contributed by atoms with van der Waals surface area (Å²) in [6, 6.07) is 5.23. The monoisotopic (exact) mass is 228 g/mol. The summed E-state index contributed by atoms with van der Waals surface area (Å²) >= 11 is 0. The molecule has 1 atom stereocenters. The van der Waals surface area contributed by atoms with E-state index in [2.05, 4.69) is 11.7 Å². The molecule has 1 aliphatic carbocycles. The minimum Gasteiger partial charge on any atom is -0.435 e. The van der Waals surface area contributed by atoms with E-state index in [-0.39, 0.29) is 5.75 Å². The number of hydrogen-bond donors (Lipinski definition) is 0. The minimum absolute atomic E-state index is 0.271. The molecule has 0 amide bonds. The molecule has 0 N–H and O–H groups in total. The molecule has 1 aliphatic rings. The zero-order chi connectivity index (χ0) is 12.1.